The Balaban J connectivity index is 2.00. The van der Waals surface area contributed by atoms with E-state index in [1.54, 1.807) is 51.3 Å². The van der Waals surface area contributed by atoms with Gasteiger partial charge in [-0.25, -0.2) is 9.78 Å². The Morgan fingerprint density at radius 1 is 1.26 bits per heavy atom. The van der Waals surface area contributed by atoms with E-state index in [-0.39, 0.29) is 18.3 Å². The first-order chi connectivity index (χ1) is 16.7. The van der Waals surface area contributed by atoms with Crippen molar-refractivity contribution in [1.29, 1.82) is 0 Å². The molecule has 0 spiro atoms. The number of halogens is 1. The monoisotopic (exact) mass is 541 g/mol. The molecule has 0 radical (unpaired) electrons. The SMILES string of the molecule is C=CCc1cc(C=Nn2c(C)nc3ccc(Br)cc3c2=O)cc(OCC)c1OCC(=O)OC(C)C. The number of allylic oxidation sites excluding steroid dienone is 1. The number of fused-ring (bicyclic) bond motifs is 1. The predicted molar refractivity (Wildman–Crippen MR) is 140 cm³/mol. The number of aromatic nitrogens is 2. The van der Waals surface area contributed by atoms with E-state index in [9.17, 15) is 9.59 Å². The molecule has 184 valence electrons. The van der Waals surface area contributed by atoms with Gasteiger partial charge in [-0.05, 0) is 70.0 Å². The fourth-order valence-corrected chi connectivity index (χ4v) is 3.80. The molecule has 0 saturated carbocycles. The smallest absolute Gasteiger partial charge is 0.344 e. The molecule has 0 unspecified atom stereocenters. The second-order valence-electron chi connectivity index (χ2n) is 7.94. The van der Waals surface area contributed by atoms with Gasteiger partial charge in [0.05, 0.1) is 29.8 Å². The maximum atomic E-state index is 13.0. The molecule has 0 aliphatic rings. The molecule has 0 atom stereocenters. The van der Waals surface area contributed by atoms with Crippen LogP contribution < -0.4 is 15.0 Å². The summed E-state index contributed by atoms with van der Waals surface area (Å²) in [5, 5.41) is 4.86. The molecule has 9 heteroatoms. The molecule has 3 rings (SSSR count). The number of nitrogens with zero attached hydrogens (tertiary/aromatic N) is 3. The fourth-order valence-electron chi connectivity index (χ4n) is 3.44. The summed E-state index contributed by atoms with van der Waals surface area (Å²) in [7, 11) is 0. The molecule has 8 nitrogen and oxygen atoms in total. The van der Waals surface area contributed by atoms with E-state index in [0.717, 1.165) is 10.0 Å². The number of esters is 1. The van der Waals surface area contributed by atoms with Gasteiger partial charge in [-0.2, -0.15) is 9.78 Å². The lowest BCUT2D eigenvalue weighted by molar-refractivity contribution is -0.149. The standard InChI is InChI=1S/C26H28BrN3O5/c1-6-8-19-11-18(12-23(33-7-2)25(19)34-15-24(31)35-16(3)4)14-28-30-17(5)29-22-10-9-20(27)13-21(22)26(30)32/h6,9-14,16H,1,7-8,15H2,2-5H3. The Morgan fingerprint density at radius 3 is 2.71 bits per heavy atom. The van der Waals surface area contributed by atoms with Crippen LogP contribution in [0.4, 0.5) is 0 Å². The highest BCUT2D eigenvalue weighted by molar-refractivity contribution is 9.10. The molecule has 0 aliphatic carbocycles. The van der Waals surface area contributed by atoms with Gasteiger partial charge in [0.15, 0.2) is 18.1 Å². The maximum absolute atomic E-state index is 13.0. The van der Waals surface area contributed by atoms with Gasteiger partial charge in [-0.3, -0.25) is 4.79 Å². The largest absolute Gasteiger partial charge is 0.490 e. The third-order valence-electron chi connectivity index (χ3n) is 4.81. The molecule has 0 aliphatic heterocycles. The van der Waals surface area contributed by atoms with Crippen molar-refractivity contribution in [2.24, 2.45) is 5.10 Å². The molecule has 0 N–H and O–H groups in total. The van der Waals surface area contributed by atoms with Gasteiger partial charge in [0.25, 0.3) is 5.56 Å². The summed E-state index contributed by atoms with van der Waals surface area (Å²) in [5.74, 6) is 0.884. The number of hydrogen-bond donors (Lipinski definition) is 0. The maximum Gasteiger partial charge on any atom is 0.344 e. The van der Waals surface area contributed by atoms with Gasteiger partial charge >= 0.3 is 5.97 Å². The van der Waals surface area contributed by atoms with Crippen LogP contribution in [-0.2, 0) is 16.0 Å². The van der Waals surface area contributed by atoms with Gasteiger partial charge in [-0.15, -0.1) is 6.58 Å². The van der Waals surface area contributed by atoms with Gasteiger partial charge in [0.1, 0.15) is 5.82 Å². The van der Waals surface area contributed by atoms with E-state index in [4.69, 9.17) is 14.2 Å². The lowest BCUT2D eigenvalue weighted by Gasteiger charge is -2.17. The third kappa shape index (κ3) is 6.57. The van der Waals surface area contributed by atoms with E-state index in [0.29, 0.717) is 46.8 Å². The molecule has 35 heavy (non-hydrogen) atoms. The number of carbonyl (C=O) groups excluding carboxylic acids is 1. The molecular formula is C26H28BrN3O5. The minimum absolute atomic E-state index is 0.235. The first-order valence-corrected chi connectivity index (χ1v) is 12.0. The number of ether oxygens (including phenoxy) is 3. The Labute approximate surface area is 212 Å². The van der Waals surface area contributed by atoms with Crippen molar-refractivity contribution in [3.05, 3.63) is 74.8 Å². The molecule has 1 heterocycles. The van der Waals surface area contributed by atoms with Crippen molar-refractivity contribution in [3.63, 3.8) is 0 Å². The summed E-state index contributed by atoms with van der Waals surface area (Å²) in [6.45, 7) is 11.1. The lowest BCUT2D eigenvalue weighted by atomic mass is 10.1. The Kier molecular flexibility index (Phi) is 8.81. The molecular weight excluding hydrogens is 514 g/mol. The lowest BCUT2D eigenvalue weighted by Crippen LogP contribution is -2.20. The van der Waals surface area contributed by atoms with Crippen LogP contribution in [0.1, 0.15) is 37.7 Å². The van der Waals surface area contributed by atoms with Gasteiger partial charge in [0.2, 0.25) is 0 Å². The van der Waals surface area contributed by atoms with Crippen LogP contribution in [0.25, 0.3) is 10.9 Å². The minimum Gasteiger partial charge on any atom is -0.490 e. The Bertz CT molecular complexity index is 1330. The first kappa shape index (κ1) is 26.2. The number of benzene rings is 2. The Hall–Kier alpha value is -3.46. The molecule has 0 amide bonds. The summed E-state index contributed by atoms with van der Waals surface area (Å²) in [4.78, 5) is 29.5. The first-order valence-electron chi connectivity index (χ1n) is 11.2. The number of rotatable bonds is 10. The average Bonchev–Trinajstić information content (AvgIpc) is 2.79. The van der Waals surface area contributed by atoms with Gasteiger partial charge in [-0.1, -0.05) is 22.0 Å². The quantitative estimate of drug-likeness (QED) is 0.208. The highest BCUT2D eigenvalue weighted by atomic mass is 79.9. The normalized spacial score (nSPS) is 11.3. The van der Waals surface area contributed by atoms with E-state index in [1.165, 1.54) is 4.68 Å². The van der Waals surface area contributed by atoms with Gasteiger partial charge < -0.3 is 14.2 Å². The number of carbonyl (C=O) groups is 1. The van der Waals surface area contributed by atoms with E-state index < -0.39 is 5.97 Å². The van der Waals surface area contributed by atoms with Crippen molar-refractivity contribution in [2.45, 2.75) is 40.2 Å². The predicted octanol–water partition coefficient (Wildman–Crippen LogP) is 4.81. The highest BCUT2D eigenvalue weighted by Gasteiger charge is 2.16. The zero-order valence-electron chi connectivity index (χ0n) is 20.2. The zero-order valence-corrected chi connectivity index (χ0v) is 21.8. The van der Waals surface area contributed by atoms with E-state index in [1.807, 2.05) is 19.1 Å². The van der Waals surface area contributed by atoms with Gasteiger partial charge in [0, 0.05) is 10.0 Å². The van der Waals surface area contributed by atoms with Crippen LogP contribution in [-0.4, -0.2) is 41.2 Å². The fraction of sp³-hybridized carbons (Fsp3) is 0.308. The molecule has 2 aromatic carbocycles. The van der Waals surface area contributed by atoms with Crippen molar-refractivity contribution in [1.82, 2.24) is 9.66 Å². The number of aryl methyl sites for hydroxylation is 1. The summed E-state index contributed by atoms with van der Waals surface area (Å²) in [6, 6.07) is 8.94. The van der Waals surface area contributed by atoms with Crippen molar-refractivity contribution >= 4 is 39.0 Å². The van der Waals surface area contributed by atoms with E-state index in [2.05, 4.69) is 32.6 Å². The minimum atomic E-state index is -0.470. The summed E-state index contributed by atoms with van der Waals surface area (Å²) in [5.41, 5.74) is 1.77. The third-order valence-corrected chi connectivity index (χ3v) is 5.31. The van der Waals surface area contributed by atoms with Crippen LogP contribution in [0.5, 0.6) is 11.5 Å². The van der Waals surface area contributed by atoms with Crippen molar-refractivity contribution < 1.29 is 19.0 Å². The van der Waals surface area contributed by atoms with Crippen LogP contribution in [0, 0.1) is 6.92 Å². The molecule has 0 bridgehead atoms. The second-order valence-corrected chi connectivity index (χ2v) is 8.86. The van der Waals surface area contributed by atoms with E-state index >= 15 is 0 Å². The highest BCUT2D eigenvalue weighted by Crippen LogP contribution is 2.33. The second kappa shape index (κ2) is 11.8. The molecule has 0 fully saturated rings. The molecule has 1 aromatic heterocycles. The summed E-state index contributed by atoms with van der Waals surface area (Å²) >= 11 is 3.39. The molecule has 0 saturated heterocycles. The Morgan fingerprint density at radius 2 is 2.03 bits per heavy atom. The summed E-state index contributed by atoms with van der Waals surface area (Å²) < 4.78 is 18.8. The van der Waals surface area contributed by atoms with Crippen LogP contribution >= 0.6 is 15.9 Å². The van der Waals surface area contributed by atoms with Crippen LogP contribution in [0.15, 0.2) is 57.4 Å². The summed E-state index contributed by atoms with van der Waals surface area (Å²) in [6.07, 6.45) is 3.53. The van der Waals surface area contributed by atoms with Crippen molar-refractivity contribution in [3.8, 4) is 11.5 Å². The van der Waals surface area contributed by atoms with Crippen molar-refractivity contribution in [2.75, 3.05) is 13.2 Å². The van der Waals surface area contributed by atoms with Crippen LogP contribution in [0.3, 0.4) is 0 Å². The topological polar surface area (TPSA) is 92.0 Å². The molecule has 3 aromatic rings. The zero-order chi connectivity index (χ0) is 25.5. The van der Waals surface area contributed by atoms with Crippen LogP contribution in [0.2, 0.25) is 0 Å². The average molecular weight is 542 g/mol. The number of hydrogen-bond acceptors (Lipinski definition) is 7.